The second kappa shape index (κ2) is 6.35. The minimum absolute atomic E-state index is 0.281. The number of halogens is 3. The highest BCUT2D eigenvalue weighted by Gasteiger charge is 2.49. The van der Waals surface area contributed by atoms with Crippen LogP contribution in [0.2, 0.25) is 0 Å². The molecule has 0 nitrogen and oxygen atoms in total. The van der Waals surface area contributed by atoms with E-state index in [1.807, 2.05) is 84.9 Å². The number of rotatable bonds is 2. The van der Waals surface area contributed by atoms with Crippen LogP contribution in [0.1, 0.15) is 27.8 Å². The third-order valence-corrected chi connectivity index (χ3v) is 5.79. The summed E-state index contributed by atoms with van der Waals surface area (Å²) in [5.41, 5.74) is 3.00. The van der Waals surface area contributed by atoms with E-state index in [4.69, 9.17) is 0 Å². The molecule has 0 N–H and O–H groups in total. The molecule has 4 aromatic carbocycles. The van der Waals surface area contributed by atoms with E-state index in [1.54, 1.807) is 6.07 Å². The van der Waals surface area contributed by atoms with Crippen LogP contribution in [0.3, 0.4) is 0 Å². The van der Waals surface area contributed by atoms with Crippen LogP contribution in [0, 0.1) is 0 Å². The summed E-state index contributed by atoms with van der Waals surface area (Å²) in [5, 5.41) is 0. The van der Waals surface area contributed by atoms with Crippen LogP contribution in [0.25, 0.3) is 11.1 Å². The molecule has 0 amide bonds. The summed E-state index contributed by atoms with van der Waals surface area (Å²) >= 11 is 0. The lowest BCUT2D eigenvalue weighted by molar-refractivity contribution is -0.137. The molecule has 0 aromatic heterocycles. The highest BCUT2D eigenvalue weighted by atomic mass is 19.4. The van der Waals surface area contributed by atoms with Crippen molar-refractivity contribution in [2.75, 3.05) is 0 Å². The van der Waals surface area contributed by atoms with Crippen molar-refractivity contribution < 1.29 is 13.2 Å². The fraction of sp³-hybridized carbons (Fsp3) is 0.0769. The van der Waals surface area contributed by atoms with Crippen LogP contribution in [-0.2, 0) is 11.6 Å². The highest BCUT2D eigenvalue weighted by molar-refractivity contribution is 5.88. The quantitative estimate of drug-likeness (QED) is 0.304. The van der Waals surface area contributed by atoms with Crippen molar-refractivity contribution in [2.24, 2.45) is 0 Å². The van der Waals surface area contributed by atoms with Crippen molar-refractivity contribution in [3.05, 3.63) is 131 Å². The Hall–Kier alpha value is -3.33. The number of fused-ring (bicyclic) bond motifs is 3. The van der Waals surface area contributed by atoms with Crippen molar-refractivity contribution in [2.45, 2.75) is 11.6 Å². The molecule has 0 unspecified atom stereocenters. The zero-order valence-electron chi connectivity index (χ0n) is 15.4. The van der Waals surface area contributed by atoms with E-state index in [9.17, 15) is 13.2 Å². The van der Waals surface area contributed by atoms with Gasteiger partial charge in [0, 0.05) is 0 Å². The van der Waals surface area contributed by atoms with Crippen molar-refractivity contribution in [1.82, 2.24) is 0 Å². The maximum atomic E-state index is 14.0. The van der Waals surface area contributed by atoms with E-state index in [0.29, 0.717) is 11.1 Å². The summed E-state index contributed by atoms with van der Waals surface area (Å²) in [6, 6.07) is 31.6. The van der Waals surface area contributed by atoms with Crippen LogP contribution >= 0.6 is 0 Å². The summed E-state index contributed by atoms with van der Waals surface area (Å²) in [5.74, 6) is 0. The summed E-state index contributed by atoms with van der Waals surface area (Å²) in [6.07, 6.45) is -4.43. The van der Waals surface area contributed by atoms with Crippen LogP contribution in [-0.4, -0.2) is 0 Å². The zero-order valence-corrected chi connectivity index (χ0v) is 15.4. The van der Waals surface area contributed by atoms with Crippen molar-refractivity contribution in [1.29, 1.82) is 0 Å². The fourth-order valence-electron chi connectivity index (χ4n) is 4.73. The lowest BCUT2D eigenvalue weighted by Gasteiger charge is -2.34. The van der Waals surface area contributed by atoms with Gasteiger partial charge in [0.05, 0.1) is 11.0 Å². The van der Waals surface area contributed by atoms with Gasteiger partial charge in [0.2, 0.25) is 0 Å². The summed E-state index contributed by atoms with van der Waals surface area (Å²) in [6.45, 7) is 0. The molecule has 0 atom stereocenters. The Labute approximate surface area is 167 Å². The number of hydrogen-bond donors (Lipinski definition) is 0. The molecular weight excluding hydrogens is 369 g/mol. The molecule has 0 saturated heterocycles. The Bertz CT molecular complexity index is 1140. The average Bonchev–Trinajstić information content (AvgIpc) is 3.06. The molecule has 3 heteroatoms. The monoisotopic (exact) mass is 386 g/mol. The van der Waals surface area contributed by atoms with Crippen molar-refractivity contribution in [3.8, 4) is 11.1 Å². The molecule has 0 saturated carbocycles. The van der Waals surface area contributed by atoms with E-state index in [-0.39, 0.29) is 5.56 Å². The van der Waals surface area contributed by atoms with Gasteiger partial charge in [-0.1, -0.05) is 97.1 Å². The van der Waals surface area contributed by atoms with Crippen LogP contribution < -0.4 is 0 Å². The standard InChI is InChI=1S/C26H17F3/c27-26(28,29)23-17-9-16-22-24(23)20-14-7-8-15-21(20)25(22,18-10-3-1-4-11-18)19-12-5-2-6-13-19/h1-17H. The van der Waals surface area contributed by atoms with Crippen molar-refractivity contribution in [3.63, 3.8) is 0 Å². The number of hydrogen-bond acceptors (Lipinski definition) is 0. The number of benzene rings is 4. The smallest absolute Gasteiger partial charge is 0.166 e. The molecule has 0 radical (unpaired) electrons. The van der Waals surface area contributed by atoms with Gasteiger partial charge in [0.1, 0.15) is 0 Å². The van der Waals surface area contributed by atoms with Gasteiger partial charge >= 0.3 is 6.18 Å². The molecule has 0 fully saturated rings. The molecule has 0 heterocycles. The Morgan fingerprint density at radius 2 is 1.03 bits per heavy atom. The van der Waals surface area contributed by atoms with Gasteiger partial charge in [-0.05, 0) is 39.4 Å². The third-order valence-electron chi connectivity index (χ3n) is 5.79. The van der Waals surface area contributed by atoms with E-state index in [0.717, 1.165) is 16.7 Å². The fourth-order valence-corrected chi connectivity index (χ4v) is 4.73. The molecule has 4 aromatic rings. The SMILES string of the molecule is FC(F)(F)c1cccc2c1-c1ccccc1C2(c1ccccc1)c1ccccc1. The molecule has 0 bridgehead atoms. The van der Waals surface area contributed by atoms with E-state index in [2.05, 4.69) is 0 Å². The van der Waals surface area contributed by atoms with E-state index < -0.39 is 17.2 Å². The molecule has 29 heavy (non-hydrogen) atoms. The third kappa shape index (κ3) is 2.47. The first-order valence-electron chi connectivity index (χ1n) is 9.46. The molecule has 1 aliphatic rings. The Morgan fingerprint density at radius 3 is 1.62 bits per heavy atom. The second-order valence-electron chi connectivity index (χ2n) is 7.25. The van der Waals surface area contributed by atoms with Gasteiger partial charge in [0.15, 0.2) is 0 Å². The lowest BCUT2D eigenvalue weighted by Crippen LogP contribution is -2.28. The predicted molar refractivity (Wildman–Crippen MR) is 109 cm³/mol. The maximum Gasteiger partial charge on any atom is 0.417 e. The maximum absolute atomic E-state index is 14.0. The van der Waals surface area contributed by atoms with Crippen molar-refractivity contribution >= 4 is 0 Å². The Kier molecular flexibility index (Phi) is 3.88. The molecular formula is C26H17F3. The Morgan fingerprint density at radius 1 is 0.517 bits per heavy atom. The van der Waals surface area contributed by atoms with Gasteiger partial charge < -0.3 is 0 Å². The van der Waals surface area contributed by atoms with Gasteiger partial charge in [-0.3, -0.25) is 0 Å². The first-order chi connectivity index (χ1) is 14.0. The van der Waals surface area contributed by atoms with Gasteiger partial charge in [-0.15, -0.1) is 0 Å². The molecule has 1 aliphatic carbocycles. The summed E-state index contributed by atoms with van der Waals surface area (Å²) in [7, 11) is 0. The molecule has 0 spiro atoms. The van der Waals surface area contributed by atoms with E-state index >= 15 is 0 Å². The normalized spacial score (nSPS) is 14.3. The molecule has 142 valence electrons. The minimum Gasteiger partial charge on any atom is -0.166 e. The second-order valence-corrected chi connectivity index (χ2v) is 7.25. The summed E-state index contributed by atoms with van der Waals surface area (Å²) in [4.78, 5) is 0. The molecule has 0 aliphatic heterocycles. The average molecular weight is 386 g/mol. The van der Waals surface area contributed by atoms with Gasteiger partial charge in [-0.25, -0.2) is 0 Å². The van der Waals surface area contributed by atoms with Crippen LogP contribution in [0.15, 0.2) is 103 Å². The first-order valence-corrected chi connectivity index (χ1v) is 9.46. The Balaban J connectivity index is 1.99. The highest BCUT2D eigenvalue weighted by Crippen LogP contribution is 2.58. The van der Waals surface area contributed by atoms with E-state index in [1.165, 1.54) is 12.1 Å². The van der Waals surface area contributed by atoms with Gasteiger partial charge in [0.25, 0.3) is 0 Å². The lowest BCUT2D eigenvalue weighted by atomic mass is 9.67. The largest absolute Gasteiger partial charge is 0.417 e. The first kappa shape index (κ1) is 17.7. The zero-order chi connectivity index (χ0) is 20.1. The molecule has 5 rings (SSSR count). The number of alkyl halides is 3. The van der Waals surface area contributed by atoms with Crippen LogP contribution in [0.4, 0.5) is 13.2 Å². The predicted octanol–water partition coefficient (Wildman–Crippen LogP) is 7.07. The minimum atomic E-state index is -4.43. The van der Waals surface area contributed by atoms with Gasteiger partial charge in [-0.2, -0.15) is 13.2 Å². The summed E-state index contributed by atoms with van der Waals surface area (Å²) < 4.78 is 42.0. The topological polar surface area (TPSA) is 0 Å². The van der Waals surface area contributed by atoms with Crippen LogP contribution in [0.5, 0.6) is 0 Å².